The molecule has 0 spiro atoms. The molecule has 0 fully saturated rings. The number of carbonyl (C=O) groups excluding carboxylic acids is 2. The molecule has 1 unspecified atom stereocenters. The molecule has 2 aromatic rings. The highest BCUT2D eigenvalue weighted by molar-refractivity contribution is 5.95. The lowest BCUT2D eigenvalue weighted by Crippen LogP contribution is -2.45. The zero-order valence-corrected chi connectivity index (χ0v) is 16.9. The van der Waals surface area contributed by atoms with Crippen molar-refractivity contribution >= 4 is 12.0 Å². The first-order chi connectivity index (χ1) is 13.9. The standard InChI is InChI=1S/C23H26N2O4/c1-15(2)13-29-22(26)20-16(3)24-23(27)25-21(20)18-10-7-11-19(12-18)28-14-17-8-5-4-6-9-17/h4-12,15,21H,13-14H2,1-3H3,(H2,24,25,27). The average molecular weight is 394 g/mol. The first-order valence-electron chi connectivity index (χ1n) is 9.66. The summed E-state index contributed by atoms with van der Waals surface area (Å²) in [6.45, 7) is 6.39. The van der Waals surface area contributed by atoms with Gasteiger partial charge in [0.1, 0.15) is 12.4 Å². The van der Waals surface area contributed by atoms with Crippen molar-refractivity contribution in [1.82, 2.24) is 10.6 Å². The van der Waals surface area contributed by atoms with Gasteiger partial charge in [-0.05, 0) is 36.1 Å². The highest BCUT2D eigenvalue weighted by atomic mass is 16.5. The van der Waals surface area contributed by atoms with E-state index in [1.807, 2.05) is 68.4 Å². The molecule has 0 radical (unpaired) electrons. The maximum atomic E-state index is 12.7. The molecule has 0 aromatic heterocycles. The molecule has 29 heavy (non-hydrogen) atoms. The number of rotatable bonds is 7. The predicted octanol–water partition coefficient (Wildman–Crippen LogP) is 4.09. The van der Waals surface area contributed by atoms with Gasteiger partial charge in [0, 0.05) is 5.70 Å². The maximum Gasteiger partial charge on any atom is 0.338 e. The summed E-state index contributed by atoms with van der Waals surface area (Å²) in [5, 5.41) is 5.47. The van der Waals surface area contributed by atoms with E-state index in [0.717, 1.165) is 11.1 Å². The van der Waals surface area contributed by atoms with Crippen molar-refractivity contribution in [2.24, 2.45) is 5.92 Å². The van der Waals surface area contributed by atoms with Crippen LogP contribution >= 0.6 is 0 Å². The topological polar surface area (TPSA) is 76.7 Å². The third kappa shape index (κ3) is 5.38. The van der Waals surface area contributed by atoms with E-state index in [4.69, 9.17) is 9.47 Å². The minimum absolute atomic E-state index is 0.221. The average Bonchev–Trinajstić information content (AvgIpc) is 2.71. The van der Waals surface area contributed by atoms with E-state index < -0.39 is 12.0 Å². The summed E-state index contributed by atoms with van der Waals surface area (Å²) in [4.78, 5) is 24.7. The summed E-state index contributed by atoms with van der Waals surface area (Å²) in [5.74, 6) is 0.440. The van der Waals surface area contributed by atoms with Crippen molar-refractivity contribution in [2.75, 3.05) is 6.61 Å². The van der Waals surface area contributed by atoms with E-state index in [1.54, 1.807) is 6.92 Å². The van der Waals surface area contributed by atoms with Gasteiger partial charge in [-0.25, -0.2) is 9.59 Å². The van der Waals surface area contributed by atoms with Crippen molar-refractivity contribution in [1.29, 1.82) is 0 Å². The van der Waals surface area contributed by atoms with Gasteiger partial charge < -0.3 is 20.1 Å². The molecular formula is C23H26N2O4. The van der Waals surface area contributed by atoms with Crippen molar-refractivity contribution in [3.8, 4) is 5.75 Å². The minimum Gasteiger partial charge on any atom is -0.489 e. The molecule has 2 aromatic carbocycles. The molecule has 1 aliphatic rings. The molecule has 3 rings (SSSR count). The second-order valence-electron chi connectivity index (χ2n) is 7.41. The Morgan fingerprint density at radius 1 is 1.10 bits per heavy atom. The van der Waals surface area contributed by atoms with Crippen LogP contribution in [0.25, 0.3) is 0 Å². The minimum atomic E-state index is -0.608. The normalized spacial score (nSPS) is 16.3. The number of hydrogen-bond acceptors (Lipinski definition) is 4. The first-order valence-corrected chi connectivity index (χ1v) is 9.66. The lowest BCUT2D eigenvalue weighted by Gasteiger charge is -2.28. The van der Waals surface area contributed by atoms with Crippen molar-refractivity contribution < 1.29 is 19.1 Å². The lowest BCUT2D eigenvalue weighted by atomic mass is 9.95. The van der Waals surface area contributed by atoms with Crippen LogP contribution in [0.2, 0.25) is 0 Å². The molecule has 6 heteroatoms. The zero-order valence-electron chi connectivity index (χ0n) is 16.9. The highest BCUT2D eigenvalue weighted by Gasteiger charge is 2.32. The van der Waals surface area contributed by atoms with Gasteiger partial charge in [0.2, 0.25) is 0 Å². The molecule has 0 saturated carbocycles. The van der Waals surface area contributed by atoms with Gasteiger partial charge in [0.25, 0.3) is 0 Å². The van der Waals surface area contributed by atoms with Crippen LogP contribution < -0.4 is 15.4 Å². The zero-order chi connectivity index (χ0) is 20.8. The Morgan fingerprint density at radius 2 is 1.86 bits per heavy atom. The van der Waals surface area contributed by atoms with Crippen LogP contribution in [0, 0.1) is 5.92 Å². The number of nitrogens with one attached hydrogen (secondary N) is 2. The van der Waals surface area contributed by atoms with Crippen molar-refractivity contribution in [3.05, 3.63) is 77.0 Å². The summed E-state index contributed by atoms with van der Waals surface area (Å²) >= 11 is 0. The molecule has 0 aliphatic carbocycles. The van der Waals surface area contributed by atoms with Crippen molar-refractivity contribution in [3.63, 3.8) is 0 Å². The van der Waals surface area contributed by atoms with Crippen LogP contribution in [0.3, 0.4) is 0 Å². The van der Waals surface area contributed by atoms with E-state index in [1.165, 1.54) is 0 Å². The number of allylic oxidation sites excluding steroid dienone is 1. The number of benzene rings is 2. The number of ether oxygens (including phenoxy) is 2. The van der Waals surface area contributed by atoms with Crippen LogP contribution in [-0.2, 0) is 16.1 Å². The van der Waals surface area contributed by atoms with Crippen LogP contribution in [0.5, 0.6) is 5.75 Å². The van der Waals surface area contributed by atoms with Crippen LogP contribution in [0.1, 0.15) is 37.9 Å². The number of carbonyl (C=O) groups is 2. The number of urea groups is 1. The molecule has 1 aliphatic heterocycles. The quantitative estimate of drug-likeness (QED) is 0.694. The fourth-order valence-corrected chi connectivity index (χ4v) is 3.06. The molecule has 0 saturated heterocycles. The highest BCUT2D eigenvalue weighted by Crippen LogP contribution is 2.30. The van der Waals surface area contributed by atoms with E-state index >= 15 is 0 Å². The molecule has 0 bridgehead atoms. The van der Waals surface area contributed by atoms with Gasteiger partial charge in [-0.15, -0.1) is 0 Å². The molecule has 2 amide bonds. The summed E-state index contributed by atoms with van der Waals surface area (Å²) in [5.41, 5.74) is 2.69. The fourth-order valence-electron chi connectivity index (χ4n) is 3.06. The second-order valence-corrected chi connectivity index (χ2v) is 7.41. The number of hydrogen-bond donors (Lipinski definition) is 2. The van der Waals surface area contributed by atoms with Crippen LogP contribution in [0.15, 0.2) is 65.9 Å². The predicted molar refractivity (Wildman–Crippen MR) is 110 cm³/mol. The summed E-state index contributed by atoms with van der Waals surface area (Å²) in [6.07, 6.45) is 0. The monoisotopic (exact) mass is 394 g/mol. The Kier molecular flexibility index (Phi) is 6.54. The summed E-state index contributed by atoms with van der Waals surface area (Å²) in [7, 11) is 0. The van der Waals surface area contributed by atoms with Crippen LogP contribution in [-0.4, -0.2) is 18.6 Å². The smallest absolute Gasteiger partial charge is 0.338 e. The Hall–Kier alpha value is -3.28. The largest absolute Gasteiger partial charge is 0.489 e. The van der Waals surface area contributed by atoms with Gasteiger partial charge in [-0.3, -0.25) is 0 Å². The third-order valence-electron chi connectivity index (χ3n) is 4.48. The van der Waals surface area contributed by atoms with Gasteiger partial charge in [0.05, 0.1) is 18.2 Å². The number of esters is 1. The fraction of sp³-hybridized carbons (Fsp3) is 0.304. The Labute approximate surface area is 170 Å². The van der Waals surface area contributed by atoms with Gasteiger partial charge in [-0.2, -0.15) is 0 Å². The summed E-state index contributed by atoms with van der Waals surface area (Å²) < 4.78 is 11.3. The molecule has 1 heterocycles. The second kappa shape index (κ2) is 9.28. The molecule has 6 nitrogen and oxygen atoms in total. The molecule has 152 valence electrons. The van der Waals surface area contributed by atoms with Gasteiger partial charge in [-0.1, -0.05) is 56.3 Å². The molecular weight excluding hydrogens is 368 g/mol. The molecule has 2 N–H and O–H groups in total. The Bertz CT molecular complexity index is 906. The Morgan fingerprint density at radius 3 is 2.59 bits per heavy atom. The van der Waals surface area contributed by atoms with E-state index in [2.05, 4.69) is 10.6 Å². The first kappa shape index (κ1) is 20.5. The third-order valence-corrected chi connectivity index (χ3v) is 4.48. The molecule has 1 atom stereocenters. The summed E-state index contributed by atoms with van der Waals surface area (Å²) in [6, 6.07) is 16.3. The van der Waals surface area contributed by atoms with E-state index in [-0.39, 0.29) is 11.9 Å². The maximum absolute atomic E-state index is 12.7. The number of amides is 2. The van der Waals surface area contributed by atoms with Gasteiger partial charge >= 0.3 is 12.0 Å². The van der Waals surface area contributed by atoms with Crippen molar-refractivity contribution in [2.45, 2.75) is 33.4 Å². The van der Waals surface area contributed by atoms with Crippen LogP contribution in [0.4, 0.5) is 4.79 Å². The van der Waals surface area contributed by atoms with E-state index in [9.17, 15) is 9.59 Å². The Balaban J connectivity index is 1.81. The van der Waals surface area contributed by atoms with Gasteiger partial charge in [0.15, 0.2) is 0 Å². The SMILES string of the molecule is CC1=C(C(=O)OCC(C)C)C(c2cccc(OCc3ccccc3)c2)NC(=O)N1. The lowest BCUT2D eigenvalue weighted by molar-refractivity contribution is -0.140. The van der Waals surface area contributed by atoms with E-state index in [0.29, 0.717) is 30.2 Å².